The van der Waals surface area contributed by atoms with Gasteiger partial charge in [-0.15, -0.1) is 10.2 Å². The van der Waals surface area contributed by atoms with Crippen molar-refractivity contribution in [2.45, 2.75) is 17.3 Å². The Hall–Kier alpha value is -2.67. The van der Waals surface area contributed by atoms with Gasteiger partial charge in [0, 0.05) is 18.3 Å². The average Bonchev–Trinajstić information content (AvgIpc) is 2.97. The molecule has 0 unspecified atom stereocenters. The summed E-state index contributed by atoms with van der Waals surface area (Å²) in [5.41, 5.74) is 1.52. The van der Waals surface area contributed by atoms with E-state index in [0.29, 0.717) is 11.0 Å². The van der Waals surface area contributed by atoms with E-state index >= 15 is 0 Å². The summed E-state index contributed by atoms with van der Waals surface area (Å²) in [6.45, 7) is 1.81. The van der Waals surface area contributed by atoms with E-state index in [0.717, 1.165) is 11.3 Å². The lowest BCUT2D eigenvalue weighted by Gasteiger charge is -2.11. The van der Waals surface area contributed by atoms with Gasteiger partial charge in [0.1, 0.15) is 5.82 Å². The molecule has 3 aromatic rings. The molecule has 1 N–H and O–H groups in total. The molecule has 25 heavy (non-hydrogen) atoms. The maximum absolute atomic E-state index is 13.1. The van der Waals surface area contributed by atoms with Crippen molar-refractivity contribution < 1.29 is 9.18 Å². The number of nitrogens with one attached hydrogen (secondary N) is 1. The first-order chi connectivity index (χ1) is 12.0. The number of halogens is 1. The maximum atomic E-state index is 13.1. The van der Waals surface area contributed by atoms with E-state index in [2.05, 4.69) is 15.5 Å². The van der Waals surface area contributed by atoms with Gasteiger partial charge in [-0.1, -0.05) is 30.0 Å². The first kappa shape index (κ1) is 17.2. The van der Waals surface area contributed by atoms with Crippen LogP contribution in [0.4, 0.5) is 10.1 Å². The highest BCUT2D eigenvalue weighted by molar-refractivity contribution is 8.00. The molecule has 2 aromatic carbocycles. The number of amides is 1. The summed E-state index contributed by atoms with van der Waals surface area (Å²) < 4.78 is 14.9. The summed E-state index contributed by atoms with van der Waals surface area (Å²) in [4.78, 5) is 12.3. The van der Waals surface area contributed by atoms with Crippen molar-refractivity contribution in [3.63, 3.8) is 0 Å². The molecule has 1 heterocycles. The lowest BCUT2D eigenvalue weighted by Crippen LogP contribution is -2.22. The van der Waals surface area contributed by atoms with Crippen molar-refractivity contribution in [3.05, 3.63) is 60.4 Å². The number of carbonyl (C=O) groups is 1. The first-order valence-electron chi connectivity index (χ1n) is 7.72. The van der Waals surface area contributed by atoms with Crippen molar-refractivity contribution in [1.82, 2.24) is 14.8 Å². The van der Waals surface area contributed by atoms with Gasteiger partial charge in [-0.25, -0.2) is 4.39 Å². The van der Waals surface area contributed by atoms with Crippen molar-refractivity contribution in [3.8, 4) is 11.4 Å². The topological polar surface area (TPSA) is 59.8 Å². The van der Waals surface area contributed by atoms with Crippen molar-refractivity contribution in [1.29, 1.82) is 0 Å². The van der Waals surface area contributed by atoms with Gasteiger partial charge in [-0.2, -0.15) is 0 Å². The van der Waals surface area contributed by atoms with E-state index in [-0.39, 0.29) is 17.0 Å². The predicted octanol–water partition coefficient (Wildman–Crippen LogP) is 3.74. The molecule has 128 valence electrons. The summed E-state index contributed by atoms with van der Waals surface area (Å²) in [6, 6.07) is 15.4. The van der Waals surface area contributed by atoms with Gasteiger partial charge in [0.05, 0.1) is 5.25 Å². The van der Waals surface area contributed by atoms with Crippen LogP contribution in [0.15, 0.2) is 59.8 Å². The molecule has 0 spiro atoms. The molecule has 0 aliphatic rings. The van der Waals surface area contributed by atoms with Gasteiger partial charge >= 0.3 is 0 Å². The second kappa shape index (κ2) is 7.48. The summed E-state index contributed by atoms with van der Waals surface area (Å²) in [5.74, 6) is 0.215. The maximum Gasteiger partial charge on any atom is 0.237 e. The van der Waals surface area contributed by atoms with Crippen molar-refractivity contribution in [2.75, 3.05) is 5.32 Å². The molecule has 0 saturated carbocycles. The van der Waals surface area contributed by atoms with Crippen molar-refractivity contribution in [2.24, 2.45) is 7.05 Å². The third-order valence-corrected chi connectivity index (χ3v) is 4.76. The van der Waals surface area contributed by atoms with Crippen LogP contribution in [-0.2, 0) is 11.8 Å². The van der Waals surface area contributed by atoms with Gasteiger partial charge in [0.2, 0.25) is 5.91 Å². The number of carbonyl (C=O) groups excluding carboxylic acids is 1. The Kier molecular flexibility index (Phi) is 5.14. The zero-order valence-corrected chi connectivity index (χ0v) is 14.6. The van der Waals surface area contributed by atoms with Crippen LogP contribution in [0.25, 0.3) is 11.4 Å². The molecule has 1 aromatic heterocycles. The second-order valence-electron chi connectivity index (χ2n) is 5.49. The summed E-state index contributed by atoms with van der Waals surface area (Å²) in [7, 11) is 1.82. The quantitative estimate of drug-likeness (QED) is 0.708. The number of para-hydroxylation sites is 1. The lowest BCUT2D eigenvalue weighted by molar-refractivity contribution is -0.115. The zero-order valence-electron chi connectivity index (χ0n) is 13.8. The van der Waals surface area contributed by atoms with Gasteiger partial charge < -0.3 is 9.88 Å². The van der Waals surface area contributed by atoms with Crippen LogP contribution >= 0.6 is 11.8 Å². The highest BCUT2D eigenvalue weighted by atomic mass is 32.2. The van der Waals surface area contributed by atoms with Crippen LogP contribution in [-0.4, -0.2) is 25.9 Å². The molecule has 0 bridgehead atoms. The first-order valence-corrected chi connectivity index (χ1v) is 8.60. The number of thioether (sulfide) groups is 1. The molecule has 0 fully saturated rings. The Morgan fingerprint density at radius 2 is 1.80 bits per heavy atom. The van der Waals surface area contributed by atoms with Crippen LogP contribution in [0.2, 0.25) is 0 Å². The summed E-state index contributed by atoms with van der Waals surface area (Å²) in [6.07, 6.45) is 0. The van der Waals surface area contributed by atoms with Gasteiger partial charge in [-0.3, -0.25) is 4.79 Å². The van der Waals surface area contributed by atoms with Crippen LogP contribution in [0.1, 0.15) is 6.92 Å². The van der Waals surface area contributed by atoms with E-state index in [1.54, 1.807) is 16.7 Å². The average molecular weight is 356 g/mol. The molecule has 1 atom stereocenters. The molecule has 7 heteroatoms. The Labute approximate surface area is 149 Å². The summed E-state index contributed by atoms with van der Waals surface area (Å²) >= 11 is 1.32. The fraction of sp³-hybridized carbons (Fsp3) is 0.167. The predicted molar refractivity (Wildman–Crippen MR) is 96.8 cm³/mol. The van der Waals surface area contributed by atoms with Crippen LogP contribution in [0.5, 0.6) is 0 Å². The molecule has 0 aliphatic heterocycles. The van der Waals surface area contributed by atoms with E-state index in [1.165, 1.54) is 23.9 Å². The van der Waals surface area contributed by atoms with E-state index in [9.17, 15) is 9.18 Å². The number of hydrogen-bond acceptors (Lipinski definition) is 4. The Bertz CT molecular complexity index is 865. The molecule has 5 nitrogen and oxygen atoms in total. The number of benzene rings is 2. The smallest absolute Gasteiger partial charge is 0.237 e. The third-order valence-electron chi connectivity index (χ3n) is 3.63. The standard InChI is InChI=1S/C18H17FN4OS/c1-12(17(24)20-15-6-4-3-5-7-15)25-18-22-21-16(23(18)2)13-8-10-14(19)11-9-13/h3-12H,1-2H3,(H,20,24)/t12-/m0/s1. The number of anilines is 1. The van der Waals surface area contributed by atoms with E-state index in [4.69, 9.17) is 0 Å². The van der Waals surface area contributed by atoms with Crippen LogP contribution < -0.4 is 5.32 Å². The fourth-order valence-corrected chi connectivity index (χ4v) is 3.06. The molecule has 0 saturated heterocycles. The molecule has 1 amide bonds. The Balaban J connectivity index is 1.70. The lowest BCUT2D eigenvalue weighted by atomic mass is 10.2. The minimum Gasteiger partial charge on any atom is -0.325 e. The highest BCUT2D eigenvalue weighted by Crippen LogP contribution is 2.26. The molecule has 0 radical (unpaired) electrons. The largest absolute Gasteiger partial charge is 0.325 e. The minimum absolute atomic E-state index is 0.109. The molecule has 3 rings (SSSR count). The monoisotopic (exact) mass is 356 g/mol. The second-order valence-corrected chi connectivity index (χ2v) is 6.80. The number of hydrogen-bond donors (Lipinski definition) is 1. The number of nitrogens with zero attached hydrogens (tertiary/aromatic N) is 3. The molecule has 0 aliphatic carbocycles. The molecular formula is C18H17FN4OS. The van der Waals surface area contributed by atoms with Crippen LogP contribution in [0, 0.1) is 5.82 Å². The number of rotatable bonds is 5. The van der Waals surface area contributed by atoms with Gasteiger partial charge in [-0.05, 0) is 43.3 Å². The normalized spacial score (nSPS) is 12.0. The Morgan fingerprint density at radius 1 is 1.12 bits per heavy atom. The van der Waals surface area contributed by atoms with Gasteiger partial charge in [0.25, 0.3) is 0 Å². The third kappa shape index (κ3) is 4.06. The number of aromatic nitrogens is 3. The summed E-state index contributed by atoms with van der Waals surface area (Å²) in [5, 5.41) is 11.4. The minimum atomic E-state index is -0.343. The fourth-order valence-electron chi connectivity index (χ4n) is 2.24. The van der Waals surface area contributed by atoms with Crippen molar-refractivity contribution >= 4 is 23.4 Å². The SMILES string of the molecule is C[C@H](Sc1nnc(-c2ccc(F)cc2)n1C)C(=O)Nc1ccccc1. The Morgan fingerprint density at radius 3 is 2.48 bits per heavy atom. The van der Waals surface area contributed by atoms with Gasteiger partial charge in [0.15, 0.2) is 11.0 Å². The highest BCUT2D eigenvalue weighted by Gasteiger charge is 2.19. The van der Waals surface area contributed by atoms with E-state index in [1.807, 2.05) is 44.3 Å². The van der Waals surface area contributed by atoms with Crippen LogP contribution in [0.3, 0.4) is 0 Å². The molecular weight excluding hydrogens is 339 g/mol. The van der Waals surface area contributed by atoms with E-state index < -0.39 is 0 Å². The zero-order chi connectivity index (χ0) is 17.8.